The molecule has 1 heterocycles. The van der Waals surface area contributed by atoms with Crippen molar-refractivity contribution in [1.29, 1.82) is 0 Å². The van der Waals surface area contributed by atoms with Gasteiger partial charge >= 0.3 is 0 Å². The second kappa shape index (κ2) is 6.70. The third-order valence-corrected chi connectivity index (χ3v) is 4.04. The highest BCUT2D eigenvalue weighted by molar-refractivity contribution is 5.27. The molecule has 0 amide bonds. The van der Waals surface area contributed by atoms with Gasteiger partial charge in [0.15, 0.2) is 0 Å². The minimum Gasteiger partial charge on any atom is -0.384 e. The summed E-state index contributed by atoms with van der Waals surface area (Å²) in [6.45, 7) is 2.89. The molecule has 2 aromatic carbocycles. The summed E-state index contributed by atoms with van der Waals surface area (Å²) in [5.74, 6) is 0. The third kappa shape index (κ3) is 3.60. The summed E-state index contributed by atoms with van der Waals surface area (Å²) in [6.07, 6.45) is 2.66. The predicted octanol–water partition coefficient (Wildman–Crippen LogP) is 3.55. The Labute approximate surface area is 126 Å². The zero-order valence-corrected chi connectivity index (χ0v) is 12.2. The maximum atomic E-state index is 10.4. The van der Waals surface area contributed by atoms with E-state index in [2.05, 4.69) is 35.2 Å². The first kappa shape index (κ1) is 14.1. The number of nitrogens with zero attached hydrogens (tertiary/aromatic N) is 1. The van der Waals surface area contributed by atoms with Gasteiger partial charge in [-0.25, -0.2) is 0 Å². The Morgan fingerprint density at radius 3 is 2.24 bits per heavy atom. The highest BCUT2D eigenvalue weighted by atomic mass is 16.3. The molecule has 1 atom stereocenters. The molecule has 0 saturated heterocycles. The first-order chi connectivity index (χ1) is 10.3. The maximum Gasteiger partial charge on any atom is 0.100 e. The molecule has 1 aliphatic heterocycles. The molecule has 0 bridgehead atoms. The van der Waals surface area contributed by atoms with E-state index >= 15 is 0 Å². The molecule has 0 saturated carbocycles. The van der Waals surface area contributed by atoms with Gasteiger partial charge in [0.2, 0.25) is 0 Å². The summed E-state index contributed by atoms with van der Waals surface area (Å²) in [6, 6.07) is 20.5. The number of rotatable bonds is 4. The Balaban J connectivity index is 1.62. The lowest BCUT2D eigenvalue weighted by atomic mass is 9.96. The molecule has 3 rings (SSSR count). The van der Waals surface area contributed by atoms with Crippen molar-refractivity contribution in [1.82, 2.24) is 4.90 Å². The molecular formula is C19H21NO. The van der Waals surface area contributed by atoms with Crippen molar-refractivity contribution in [2.45, 2.75) is 19.1 Å². The number of aliphatic hydroxyl groups is 1. The molecule has 0 radical (unpaired) electrons. The molecule has 2 nitrogen and oxygen atoms in total. The highest BCUT2D eigenvalue weighted by Gasteiger charge is 2.18. The van der Waals surface area contributed by atoms with Crippen LogP contribution in [-0.4, -0.2) is 23.1 Å². The predicted molar refractivity (Wildman–Crippen MR) is 85.8 cm³/mol. The van der Waals surface area contributed by atoms with E-state index in [4.69, 9.17) is 0 Å². The molecule has 0 fully saturated rings. The monoisotopic (exact) mass is 279 g/mol. The van der Waals surface area contributed by atoms with Gasteiger partial charge in [-0.3, -0.25) is 4.90 Å². The summed E-state index contributed by atoms with van der Waals surface area (Å²) >= 11 is 0. The van der Waals surface area contributed by atoms with E-state index in [0.29, 0.717) is 0 Å². The van der Waals surface area contributed by atoms with Gasteiger partial charge in [0.1, 0.15) is 6.10 Å². The van der Waals surface area contributed by atoms with Gasteiger partial charge in [0.05, 0.1) is 0 Å². The van der Waals surface area contributed by atoms with E-state index in [-0.39, 0.29) is 0 Å². The average molecular weight is 279 g/mol. The van der Waals surface area contributed by atoms with Gasteiger partial charge in [-0.05, 0) is 23.1 Å². The van der Waals surface area contributed by atoms with Crippen molar-refractivity contribution >= 4 is 0 Å². The van der Waals surface area contributed by atoms with E-state index in [1.165, 1.54) is 5.56 Å². The molecule has 1 aliphatic rings. The van der Waals surface area contributed by atoms with E-state index < -0.39 is 6.10 Å². The van der Waals surface area contributed by atoms with Crippen LogP contribution in [0.25, 0.3) is 0 Å². The normalized spacial score (nSPS) is 17.3. The van der Waals surface area contributed by atoms with Crippen LogP contribution in [0.4, 0.5) is 0 Å². The fraction of sp³-hybridized carbons (Fsp3) is 0.263. The molecule has 0 spiro atoms. The van der Waals surface area contributed by atoms with Crippen molar-refractivity contribution in [2.75, 3.05) is 13.1 Å². The zero-order chi connectivity index (χ0) is 14.5. The zero-order valence-electron chi connectivity index (χ0n) is 12.2. The van der Waals surface area contributed by atoms with E-state index in [9.17, 15) is 5.11 Å². The van der Waals surface area contributed by atoms with Gasteiger partial charge in [0, 0.05) is 19.6 Å². The number of hydrogen-bond donors (Lipinski definition) is 1. The quantitative estimate of drug-likeness (QED) is 0.865. The second-order valence-electron chi connectivity index (χ2n) is 5.56. The van der Waals surface area contributed by atoms with Crippen molar-refractivity contribution in [3.8, 4) is 0 Å². The van der Waals surface area contributed by atoms with Crippen LogP contribution < -0.4 is 0 Å². The van der Waals surface area contributed by atoms with Gasteiger partial charge < -0.3 is 5.11 Å². The lowest BCUT2D eigenvalue weighted by Crippen LogP contribution is -2.29. The van der Waals surface area contributed by atoms with Crippen LogP contribution in [0.5, 0.6) is 0 Å². The van der Waals surface area contributed by atoms with Crippen LogP contribution in [-0.2, 0) is 6.54 Å². The fourth-order valence-electron chi connectivity index (χ4n) is 2.81. The van der Waals surface area contributed by atoms with E-state index in [1.807, 2.05) is 36.4 Å². The molecule has 0 aliphatic carbocycles. The van der Waals surface area contributed by atoms with E-state index in [0.717, 1.165) is 37.2 Å². The Bertz CT molecular complexity index is 591. The number of hydrogen-bond acceptors (Lipinski definition) is 2. The topological polar surface area (TPSA) is 23.5 Å². The van der Waals surface area contributed by atoms with Crippen molar-refractivity contribution < 1.29 is 5.11 Å². The van der Waals surface area contributed by atoms with Crippen LogP contribution >= 0.6 is 0 Å². The largest absolute Gasteiger partial charge is 0.384 e. The lowest BCUT2D eigenvalue weighted by Gasteiger charge is -2.28. The Morgan fingerprint density at radius 1 is 0.952 bits per heavy atom. The summed E-state index contributed by atoms with van der Waals surface area (Å²) in [4.78, 5) is 2.41. The van der Waals surface area contributed by atoms with Gasteiger partial charge in [-0.15, -0.1) is 0 Å². The number of aliphatic hydroxyl groups excluding tert-OH is 1. The molecular weight excluding hydrogens is 258 g/mol. The Morgan fingerprint density at radius 2 is 1.62 bits per heavy atom. The summed E-state index contributed by atoms with van der Waals surface area (Å²) < 4.78 is 0. The first-order valence-corrected chi connectivity index (χ1v) is 7.51. The van der Waals surface area contributed by atoms with E-state index in [1.54, 1.807) is 0 Å². The lowest BCUT2D eigenvalue weighted by molar-refractivity contribution is 0.195. The second-order valence-corrected chi connectivity index (χ2v) is 5.56. The minimum atomic E-state index is -0.454. The van der Waals surface area contributed by atoms with Gasteiger partial charge in [-0.2, -0.15) is 0 Å². The molecule has 0 aromatic heterocycles. The van der Waals surface area contributed by atoms with Crippen molar-refractivity contribution in [2.24, 2.45) is 0 Å². The SMILES string of the molecule is OC(C1=CCN(Cc2ccccc2)CC1)c1ccccc1. The van der Waals surface area contributed by atoms with Crippen LogP contribution in [0.3, 0.4) is 0 Å². The Hall–Kier alpha value is -1.90. The molecule has 21 heavy (non-hydrogen) atoms. The standard InChI is InChI=1S/C19H21NO/c21-19(17-9-5-2-6-10-17)18-11-13-20(14-12-18)15-16-7-3-1-4-8-16/h1-11,19,21H,12-15H2. The average Bonchev–Trinajstić information content (AvgIpc) is 2.57. The number of benzene rings is 2. The fourth-order valence-corrected chi connectivity index (χ4v) is 2.81. The Kier molecular flexibility index (Phi) is 4.49. The van der Waals surface area contributed by atoms with Crippen molar-refractivity contribution in [3.63, 3.8) is 0 Å². The van der Waals surface area contributed by atoms with Crippen molar-refractivity contribution in [3.05, 3.63) is 83.4 Å². The summed E-state index contributed by atoms with van der Waals surface area (Å²) in [5, 5.41) is 10.4. The molecule has 1 N–H and O–H groups in total. The smallest absolute Gasteiger partial charge is 0.100 e. The highest BCUT2D eigenvalue weighted by Crippen LogP contribution is 2.26. The van der Waals surface area contributed by atoms with Crippen LogP contribution in [0, 0.1) is 0 Å². The molecule has 2 heteroatoms. The molecule has 1 unspecified atom stereocenters. The molecule has 2 aromatic rings. The van der Waals surface area contributed by atoms with Gasteiger partial charge in [-0.1, -0.05) is 66.7 Å². The minimum absolute atomic E-state index is 0.454. The van der Waals surface area contributed by atoms with Crippen LogP contribution in [0.1, 0.15) is 23.7 Å². The van der Waals surface area contributed by atoms with Gasteiger partial charge in [0.25, 0.3) is 0 Å². The van der Waals surface area contributed by atoms with Crippen LogP contribution in [0.2, 0.25) is 0 Å². The maximum absolute atomic E-state index is 10.4. The van der Waals surface area contributed by atoms with Crippen LogP contribution in [0.15, 0.2) is 72.3 Å². The summed E-state index contributed by atoms with van der Waals surface area (Å²) in [5.41, 5.74) is 3.48. The third-order valence-electron chi connectivity index (χ3n) is 4.04. The first-order valence-electron chi connectivity index (χ1n) is 7.51. The molecule has 108 valence electrons. The summed E-state index contributed by atoms with van der Waals surface area (Å²) in [7, 11) is 0.